The Morgan fingerprint density at radius 2 is 1.96 bits per heavy atom. The maximum atomic E-state index is 5.23. The Morgan fingerprint density at radius 1 is 1.28 bits per heavy atom. The lowest BCUT2D eigenvalue weighted by atomic mass is 9.83. The number of aliphatic imine (C=N–C) groups is 1. The minimum Gasteiger partial charge on any atom is -0.361 e. The molecule has 0 amide bonds. The fourth-order valence-corrected chi connectivity index (χ4v) is 3.59. The van der Waals surface area contributed by atoms with Gasteiger partial charge in [-0.15, -0.1) is 24.0 Å². The largest absolute Gasteiger partial charge is 0.361 e. The molecule has 1 aromatic rings. The van der Waals surface area contributed by atoms with E-state index in [1.807, 2.05) is 13.8 Å². The second-order valence-electron chi connectivity index (χ2n) is 7.29. The molecule has 25 heavy (non-hydrogen) atoms. The minimum atomic E-state index is 0. The first kappa shape index (κ1) is 22.3. The number of hydrogen-bond acceptors (Lipinski definition) is 3. The highest BCUT2D eigenvalue weighted by atomic mass is 127. The molecule has 0 radical (unpaired) electrons. The van der Waals surface area contributed by atoms with Crippen molar-refractivity contribution in [3.8, 4) is 0 Å². The lowest BCUT2D eigenvalue weighted by Gasteiger charge is -2.31. The van der Waals surface area contributed by atoms with Crippen molar-refractivity contribution >= 4 is 29.9 Å². The summed E-state index contributed by atoms with van der Waals surface area (Å²) in [5.41, 5.74) is 2.18. The Balaban J connectivity index is 0.00000312. The molecule has 1 N–H and O–H groups in total. The third-order valence-electron chi connectivity index (χ3n) is 5.17. The number of rotatable bonds is 6. The summed E-state index contributed by atoms with van der Waals surface area (Å²) in [5.74, 6) is 3.64. The van der Waals surface area contributed by atoms with E-state index in [1.54, 1.807) is 0 Å². The maximum Gasteiger partial charge on any atom is 0.193 e. The van der Waals surface area contributed by atoms with E-state index in [-0.39, 0.29) is 24.0 Å². The zero-order chi connectivity index (χ0) is 17.5. The number of aryl methyl sites for hydroxylation is 2. The number of aromatic nitrogens is 1. The molecule has 1 aliphatic carbocycles. The number of nitrogens with one attached hydrogen (secondary N) is 1. The number of guanidine groups is 1. The molecule has 1 fully saturated rings. The van der Waals surface area contributed by atoms with Gasteiger partial charge in [0.25, 0.3) is 0 Å². The molecule has 0 atom stereocenters. The summed E-state index contributed by atoms with van der Waals surface area (Å²) in [6.07, 6.45) is 6.33. The van der Waals surface area contributed by atoms with Gasteiger partial charge in [0.2, 0.25) is 0 Å². The van der Waals surface area contributed by atoms with Crippen molar-refractivity contribution in [1.29, 1.82) is 0 Å². The molecule has 1 heterocycles. The SMILES string of the molecule is CCNC(=NCCc1c(C)noc1C)N(C)CC1CCC(C)CC1.I. The van der Waals surface area contributed by atoms with Gasteiger partial charge in [-0.1, -0.05) is 24.9 Å². The van der Waals surface area contributed by atoms with Crippen LogP contribution in [0.25, 0.3) is 0 Å². The monoisotopic (exact) mass is 462 g/mol. The third-order valence-corrected chi connectivity index (χ3v) is 5.17. The molecule has 0 unspecified atom stereocenters. The van der Waals surface area contributed by atoms with Gasteiger partial charge in [0.1, 0.15) is 5.76 Å². The molecule has 0 bridgehead atoms. The Labute approximate surface area is 170 Å². The highest BCUT2D eigenvalue weighted by Gasteiger charge is 2.20. The Kier molecular flexibility index (Phi) is 9.82. The molecule has 0 aromatic carbocycles. The van der Waals surface area contributed by atoms with Gasteiger partial charge < -0.3 is 14.7 Å². The minimum absolute atomic E-state index is 0. The first-order valence-electron chi connectivity index (χ1n) is 9.42. The van der Waals surface area contributed by atoms with E-state index in [0.717, 1.165) is 55.3 Å². The van der Waals surface area contributed by atoms with Crippen molar-refractivity contribution in [2.24, 2.45) is 16.8 Å². The predicted octanol–water partition coefficient (Wildman–Crippen LogP) is 4.18. The number of halogens is 1. The average Bonchev–Trinajstić information content (AvgIpc) is 2.88. The van der Waals surface area contributed by atoms with Crippen molar-refractivity contribution in [1.82, 2.24) is 15.4 Å². The second-order valence-corrected chi connectivity index (χ2v) is 7.29. The first-order chi connectivity index (χ1) is 11.5. The van der Waals surface area contributed by atoms with E-state index in [4.69, 9.17) is 9.52 Å². The summed E-state index contributed by atoms with van der Waals surface area (Å²) >= 11 is 0. The molecule has 1 aromatic heterocycles. The summed E-state index contributed by atoms with van der Waals surface area (Å²) in [7, 11) is 2.16. The van der Waals surface area contributed by atoms with Gasteiger partial charge in [-0.2, -0.15) is 0 Å². The van der Waals surface area contributed by atoms with E-state index in [2.05, 4.69) is 36.3 Å². The summed E-state index contributed by atoms with van der Waals surface area (Å²) in [6, 6.07) is 0. The topological polar surface area (TPSA) is 53.7 Å². The Bertz CT molecular complexity index is 516. The number of hydrogen-bond donors (Lipinski definition) is 1. The molecule has 2 rings (SSSR count). The Hall–Kier alpha value is -0.790. The van der Waals surface area contributed by atoms with Gasteiger partial charge in [0.15, 0.2) is 5.96 Å². The van der Waals surface area contributed by atoms with Crippen LogP contribution in [0.15, 0.2) is 9.52 Å². The van der Waals surface area contributed by atoms with Crippen LogP contribution in [0.2, 0.25) is 0 Å². The molecule has 0 spiro atoms. The van der Waals surface area contributed by atoms with E-state index < -0.39 is 0 Å². The van der Waals surface area contributed by atoms with E-state index in [9.17, 15) is 0 Å². The van der Waals surface area contributed by atoms with Crippen molar-refractivity contribution in [2.45, 2.75) is 59.8 Å². The van der Waals surface area contributed by atoms with Crippen LogP contribution in [0.5, 0.6) is 0 Å². The standard InChI is InChI=1S/C19H34N4O.HI/c1-6-20-19(21-12-11-18-15(3)22-24-16(18)4)23(5)13-17-9-7-14(2)8-10-17;/h14,17H,6-13H2,1-5H3,(H,20,21);1H. The molecule has 0 saturated heterocycles. The van der Waals surface area contributed by atoms with Gasteiger partial charge >= 0.3 is 0 Å². The summed E-state index contributed by atoms with van der Waals surface area (Å²) in [4.78, 5) is 7.12. The maximum absolute atomic E-state index is 5.23. The molecule has 1 saturated carbocycles. The predicted molar refractivity (Wildman–Crippen MR) is 115 cm³/mol. The first-order valence-corrected chi connectivity index (χ1v) is 9.42. The van der Waals surface area contributed by atoms with E-state index >= 15 is 0 Å². The van der Waals surface area contributed by atoms with Crippen LogP contribution in [0.1, 0.15) is 56.5 Å². The summed E-state index contributed by atoms with van der Waals surface area (Å²) in [5, 5.41) is 7.45. The van der Waals surface area contributed by atoms with Crippen molar-refractivity contribution in [3.63, 3.8) is 0 Å². The molecule has 144 valence electrons. The van der Waals surface area contributed by atoms with Crippen LogP contribution < -0.4 is 5.32 Å². The van der Waals surface area contributed by atoms with Crippen LogP contribution in [-0.2, 0) is 6.42 Å². The van der Waals surface area contributed by atoms with Crippen LogP contribution in [0.3, 0.4) is 0 Å². The normalized spacial score (nSPS) is 20.9. The lowest BCUT2D eigenvalue weighted by molar-refractivity contribution is 0.250. The molecular formula is C19H35IN4O. The van der Waals surface area contributed by atoms with Crippen LogP contribution >= 0.6 is 24.0 Å². The van der Waals surface area contributed by atoms with Crippen LogP contribution in [0.4, 0.5) is 0 Å². The second kappa shape index (κ2) is 11.0. The van der Waals surface area contributed by atoms with Gasteiger partial charge in [-0.05, 0) is 51.9 Å². The summed E-state index contributed by atoms with van der Waals surface area (Å²) in [6.45, 7) is 11.2. The van der Waals surface area contributed by atoms with E-state index in [0.29, 0.717) is 0 Å². The van der Waals surface area contributed by atoms with Gasteiger partial charge in [-0.3, -0.25) is 4.99 Å². The van der Waals surface area contributed by atoms with Gasteiger partial charge in [0, 0.05) is 32.2 Å². The van der Waals surface area contributed by atoms with Crippen molar-refractivity contribution in [2.75, 3.05) is 26.7 Å². The summed E-state index contributed by atoms with van der Waals surface area (Å²) < 4.78 is 5.23. The van der Waals surface area contributed by atoms with Crippen LogP contribution in [-0.4, -0.2) is 42.7 Å². The van der Waals surface area contributed by atoms with Crippen LogP contribution in [0, 0.1) is 25.7 Å². The number of nitrogens with zero attached hydrogens (tertiary/aromatic N) is 3. The highest BCUT2D eigenvalue weighted by molar-refractivity contribution is 14.0. The molecule has 0 aliphatic heterocycles. The molecule has 1 aliphatic rings. The van der Waals surface area contributed by atoms with E-state index in [1.165, 1.54) is 31.2 Å². The fourth-order valence-electron chi connectivity index (χ4n) is 3.59. The zero-order valence-electron chi connectivity index (χ0n) is 16.5. The van der Waals surface area contributed by atoms with Gasteiger partial charge in [0.05, 0.1) is 5.69 Å². The molecule has 5 nitrogen and oxygen atoms in total. The fraction of sp³-hybridized carbons (Fsp3) is 0.789. The lowest BCUT2D eigenvalue weighted by Crippen LogP contribution is -2.42. The quantitative estimate of drug-likeness (QED) is 0.392. The van der Waals surface area contributed by atoms with Gasteiger partial charge in [-0.25, -0.2) is 0 Å². The molecular weight excluding hydrogens is 427 g/mol. The Morgan fingerprint density at radius 3 is 2.52 bits per heavy atom. The zero-order valence-corrected chi connectivity index (χ0v) is 18.8. The molecule has 6 heteroatoms. The highest BCUT2D eigenvalue weighted by Crippen LogP contribution is 2.28. The van der Waals surface area contributed by atoms with Crippen molar-refractivity contribution in [3.05, 3.63) is 17.0 Å². The smallest absolute Gasteiger partial charge is 0.193 e. The van der Waals surface area contributed by atoms with Crippen molar-refractivity contribution < 1.29 is 4.52 Å². The third kappa shape index (κ3) is 6.79. The average molecular weight is 462 g/mol.